The van der Waals surface area contributed by atoms with Crippen LogP contribution in [0.4, 0.5) is 10.1 Å². The van der Waals surface area contributed by atoms with Gasteiger partial charge < -0.3 is 5.32 Å². The van der Waals surface area contributed by atoms with E-state index in [9.17, 15) is 10.1 Å². The molecule has 1 aliphatic carbocycles. The van der Waals surface area contributed by atoms with E-state index in [2.05, 4.69) is 17.2 Å². The van der Waals surface area contributed by atoms with E-state index in [-0.39, 0.29) is 5.00 Å². The monoisotopic (exact) mass is 213 g/mol. The van der Waals surface area contributed by atoms with Gasteiger partial charge in [-0.2, -0.15) is 0 Å². The predicted octanol–water partition coefficient (Wildman–Crippen LogP) is 2.26. The maximum Gasteiger partial charge on any atom is 0.345 e. The van der Waals surface area contributed by atoms with E-state index in [1.54, 1.807) is 0 Å². The molecule has 1 N–H and O–H groups in total. The molecule has 76 valence electrons. The number of nitrogens with zero attached hydrogens (tertiary/aromatic N) is 2. The summed E-state index contributed by atoms with van der Waals surface area (Å²) in [6.45, 7) is 2.09. The van der Waals surface area contributed by atoms with Gasteiger partial charge in [0.2, 0.25) is 0 Å². The summed E-state index contributed by atoms with van der Waals surface area (Å²) in [7, 11) is 0. The molecule has 5 nitrogen and oxygen atoms in total. The van der Waals surface area contributed by atoms with E-state index >= 15 is 0 Å². The zero-order valence-electron chi connectivity index (χ0n) is 7.77. The number of nitrogens with one attached hydrogen (secondary N) is 1. The summed E-state index contributed by atoms with van der Waals surface area (Å²) in [5, 5.41) is 14.3. The van der Waals surface area contributed by atoms with Crippen molar-refractivity contribution >= 4 is 21.5 Å². The van der Waals surface area contributed by atoms with Crippen molar-refractivity contribution in [3.05, 3.63) is 16.3 Å². The third kappa shape index (κ3) is 2.01. The molecule has 1 aromatic rings. The van der Waals surface area contributed by atoms with E-state index in [1.807, 2.05) is 0 Å². The molecule has 0 radical (unpaired) electrons. The van der Waals surface area contributed by atoms with Crippen molar-refractivity contribution in [2.45, 2.75) is 25.8 Å². The van der Waals surface area contributed by atoms with Gasteiger partial charge in [0.15, 0.2) is 5.13 Å². The van der Waals surface area contributed by atoms with Gasteiger partial charge in [0.25, 0.3) is 0 Å². The van der Waals surface area contributed by atoms with Crippen molar-refractivity contribution in [1.29, 1.82) is 0 Å². The summed E-state index contributed by atoms with van der Waals surface area (Å²) in [5.41, 5.74) is 0. The number of rotatable bonds is 4. The minimum Gasteiger partial charge on any atom is -0.359 e. The van der Waals surface area contributed by atoms with Crippen LogP contribution in [0, 0.1) is 16.0 Å². The third-order valence-electron chi connectivity index (χ3n) is 2.35. The summed E-state index contributed by atoms with van der Waals surface area (Å²) >= 11 is 1.09. The van der Waals surface area contributed by atoms with Gasteiger partial charge in [0, 0.05) is 6.04 Å². The standard InChI is InChI=1S/C8H11N3O2S/c1-5(6-2-3-6)10-8-9-4-7(14-8)11(12)13/h4-6H,2-3H2,1H3,(H,9,10). The van der Waals surface area contributed by atoms with E-state index in [1.165, 1.54) is 19.0 Å². The van der Waals surface area contributed by atoms with Crippen LogP contribution in [0.1, 0.15) is 19.8 Å². The lowest BCUT2D eigenvalue weighted by molar-refractivity contribution is -0.380. The van der Waals surface area contributed by atoms with Crippen molar-refractivity contribution in [3.63, 3.8) is 0 Å². The first kappa shape index (κ1) is 9.39. The fourth-order valence-electron chi connectivity index (χ4n) is 1.33. The minimum atomic E-state index is -0.412. The largest absolute Gasteiger partial charge is 0.359 e. The zero-order chi connectivity index (χ0) is 10.1. The van der Waals surface area contributed by atoms with Crippen LogP contribution in [0.2, 0.25) is 0 Å². The molecular weight excluding hydrogens is 202 g/mol. The molecule has 0 amide bonds. The highest BCUT2D eigenvalue weighted by atomic mass is 32.1. The molecule has 1 aliphatic rings. The molecule has 6 heteroatoms. The Hall–Kier alpha value is -1.17. The molecule has 2 rings (SSSR count). The Balaban J connectivity index is 1.98. The SMILES string of the molecule is CC(Nc1ncc([N+](=O)[O-])s1)C1CC1. The molecule has 1 saturated carbocycles. The Morgan fingerprint density at radius 2 is 2.50 bits per heavy atom. The number of aromatic nitrogens is 1. The summed E-state index contributed by atoms with van der Waals surface area (Å²) in [4.78, 5) is 13.9. The molecular formula is C8H11N3O2S. The second kappa shape index (κ2) is 3.53. The van der Waals surface area contributed by atoms with Gasteiger partial charge in [-0.05, 0) is 37.0 Å². The van der Waals surface area contributed by atoms with Gasteiger partial charge >= 0.3 is 5.00 Å². The van der Waals surface area contributed by atoms with Crippen molar-refractivity contribution < 1.29 is 4.92 Å². The van der Waals surface area contributed by atoms with Gasteiger partial charge in [-0.15, -0.1) is 0 Å². The highest BCUT2D eigenvalue weighted by Gasteiger charge is 2.28. The fraction of sp³-hybridized carbons (Fsp3) is 0.625. The molecule has 1 fully saturated rings. The van der Waals surface area contributed by atoms with Crippen LogP contribution in [-0.2, 0) is 0 Å². The number of nitro groups is 1. The average Bonchev–Trinajstić information content (AvgIpc) is 2.87. The summed E-state index contributed by atoms with van der Waals surface area (Å²) in [6, 6.07) is 0.376. The molecule has 0 bridgehead atoms. The van der Waals surface area contributed by atoms with Crippen LogP contribution >= 0.6 is 11.3 Å². The summed E-state index contributed by atoms with van der Waals surface area (Å²) < 4.78 is 0. The normalized spacial score (nSPS) is 17.8. The first-order chi connectivity index (χ1) is 6.66. The molecule has 1 heterocycles. The average molecular weight is 213 g/mol. The smallest absolute Gasteiger partial charge is 0.345 e. The predicted molar refractivity (Wildman–Crippen MR) is 54.6 cm³/mol. The van der Waals surface area contributed by atoms with Gasteiger partial charge in [-0.25, -0.2) is 4.98 Å². The molecule has 1 unspecified atom stereocenters. The van der Waals surface area contributed by atoms with Crippen molar-refractivity contribution in [3.8, 4) is 0 Å². The zero-order valence-corrected chi connectivity index (χ0v) is 8.58. The van der Waals surface area contributed by atoms with Crippen molar-refractivity contribution in [2.24, 2.45) is 5.92 Å². The highest BCUT2D eigenvalue weighted by molar-refractivity contribution is 7.18. The highest BCUT2D eigenvalue weighted by Crippen LogP contribution is 2.35. The molecule has 0 aliphatic heterocycles. The Bertz CT molecular complexity index is 348. The summed E-state index contributed by atoms with van der Waals surface area (Å²) in [5.74, 6) is 0.720. The Morgan fingerprint density at radius 1 is 1.79 bits per heavy atom. The van der Waals surface area contributed by atoms with Crippen LogP contribution in [0.3, 0.4) is 0 Å². The Labute approximate surface area is 85.3 Å². The van der Waals surface area contributed by atoms with Crippen LogP contribution in [0.5, 0.6) is 0 Å². The number of hydrogen-bond acceptors (Lipinski definition) is 5. The van der Waals surface area contributed by atoms with Gasteiger partial charge in [-0.3, -0.25) is 10.1 Å². The van der Waals surface area contributed by atoms with E-state index in [4.69, 9.17) is 0 Å². The fourth-order valence-corrected chi connectivity index (χ4v) is 2.05. The lowest BCUT2D eigenvalue weighted by Crippen LogP contribution is -2.16. The maximum absolute atomic E-state index is 10.4. The topological polar surface area (TPSA) is 68.1 Å². The second-order valence-electron chi connectivity index (χ2n) is 3.53. The molecule has 0 saturated heterocycles. The Kier molecular flexibility index (Phi) is 2.37. The quantitative estimate of drug-likeness (QED) is 0.615. The lowest BCUT2D eigenvalue weighted by Gasteiger charge is -2.09. The molecule has 14 heavy (non-hydrogen) atoms. The van der Waals surface area contributed by atoms with Gasteiger partial charge in [0.05, 0.1) is 4.92 Å². The van der Waals surface area contributed by atoms with Gasteiger partial charge in [0.1, 0.15) is 6.20 Å². The number of thiazole rings is 1. The van der Waals surface area contributed by atoms with Crippen molar-refractivity contribution in [2.75, 3.05) is 5.32 Å². The number of anilines is 1. The lowest BCUT2D eigenvalue weighted by atomic mass is 10.2. The number of hydrogen-bond donors (Lipinski definition) is 1. The van der Waals surface area contributed by atoms with E-state index in [0.717, 1.165) is 17.3 Å². The molecule has 1 aromatic heterocycles. The summed E-state index contributed by atoms with van der Waals surface area (Å²) in [6.07, 6.45) is 3.80. The molecule has 0 aromatic carbocycles. The second-order valence-corrected chi connectivity index (χ2v) is 4.54. The molecule has 0 spiro atoms. The van der Waals surface area contributed by atoms with Crippen LogP contribution in [-0.4, -0.2) is 15.9 Å². The van der Waals surface area contributed by atoms with Crippen LogP contribution < -0.4 is 5.32 Å². The third-order valence-corrected chi connectivity index (χ3v) is 3.23. The minimum absolute atomic E-state index is 0.0931. The van der Waals surface area contributed by atoms with E-state index in [0.29, 0.717) is 11.2 Å². The van der Waals surface area contributed by atoms with Crippen LogP contribution in [0.25, 0.3) is 0 Å². The first-order valence-electron chi connectivity index (χ1n) is 4.53. The molecule has 1 atom stereocenters. The first-order valence-corrected chi connectivity index (χ1v) is 5.35. The van der Waals surface area contributed by atoms with Crippen LogP contribution in [0.15, 0.2) is 6.20 Å². The van der Waals surface area contributed by atoms with Gasteiger partial charge in [-0.1, -0.05) is 0 Å². The van der Waals surface area contributed by atoms with E-state index < -0.39 is 4.92 Å². The Morgan fingerprint density at radius 3 is 3.00 bits per heavy atom. The van der Waals surface area contributed by atoms with Crippen molar-refractivity contribution in [1.82, 2.24) is 4.98 Å². The maximum atomic E-state index is 10.4.